The summed E-state index contributed by atoms with van der Waals surface area (Å²) < 4.78 is 0. The zero-order valence-electron chi connectivity index (χ0n) is 16.3. The quantitative estimate of drug-likeness (QED) is 0.674. The maximum atomic E-state index is 12.3. The Morgan fingerprint density at radius 3 is 2.68 bits per heavy atom. The zero-order valence-corrected chi connectivity index (χ0v) is 17.0. The number of carbonyl (C=O) groups is 1. The molecule has 2 N–H and O–H groups in total. The van der Waals surface area contributed by atoms with Gasteiger partial charge in [-0.1, -0.05) is 23.7 Å². The normalized spacial score (nSPS) is 15.8. The molecule has 3 aromatic rings. The number of carbonyl (C=O) groups excluding carboxylic acids is 1. The Morgan fingerprint density at radius 2 is 1.93 bits per heavy atom. The highest BCUT2D eigenvalue weighted by Crippen LogP contribution is 2.28. The first-order chi connectivity index (χ1) is 13.5. The summed E-state index contributed by atoms with van der Waals surface area (Å²) in [7, 11) is 0. The molecule has 0 aliphatic carbocycles. The van der Waals surface area contributed by atoms with Crippen LogP contribution in [0.5, 0.6) is 0 Å². The van der Waals surface area contributed by atoms with Crippen LogP contribution in [0.3, 0.4) is 0 Å². The Kier molecular flexibility index (Phi) is 5.38. The summed E-state index contributed by atoms with van der Waals surface area (Å²) in [5.74, 6) is 1.46. The van der Waals surface area contributed by atoms with Crippen molar-refractivity contribution in [2.45, 2.75) is 32.6 Å². The van der Waals surface area contributed by atoms with Gasteiger partial charge in [-0.2, -0.15) is 0 Å². The van der Waals surface area contributed by atoms with Gasteiger partial charge in [0.05, 0.1) is 28.3 Å². The van der Waals surface area contributed by atoms with Crippen LogP contribution in [0.1, 0.15) is 35.7 Å². The predicted molar refractivity (Wildman–Crippen MR) is 114 cm³/mol. The van der Waals surface area contributed by atoms with Gasteiger partial charge in [0, 0.05) is 5.92 Å². The number of para-hydroxylation sites is 1. The molecule has 1 aromatic heterocycles. The molecule has 5 nitrogen and oxygen atoms in total. The van der Waals surface area contributed by atoms with Gasteiger partial charge in [0.2, 0.25) is 5.91 Å². The Labute approximate surface area is 170 Å². The number of likely N-dealkylation sites (tertiary alicyclic amines) is 1. The fraction of sp³-hybridized carbons (Fsp3) is 0.364. The van der Waals surface area contributed by atoms with Gasteiger partial charge in [-0.15, -0.1) is 0 Å². The van der Waals surface area contributed by atoms with E-state index in [0.29, 0.717) is 23.2 Å². The Bertz CT molecular complexity index is 966. The summed E-state index contributed by atoms with van der Waals surface area (Å²) in [4.78, 5) is 22.9. The number of nitrogens with one attached hydrogen (secondary N) is 2. The van der Waals surface area contributed by atoms with E-state index in [1.807, 2.05) is 18.2 Å². The average molecular weight is 397 g/mol. The summed E-state index contributed by atoms with van der Waals surface area (Å²) in [5, 5.41) is 3.46. The number of aromatic nitrogens is 2. The van der Waals surface area contributed by atoms with Crippen LogP contribution in [-0.4, -0.2) is 40.4 Å². The Hall–Kier alpha value is -2.37. The summed E-state index contributed by atoms with van der Waals surface area (Å²) in [5.41, 5.74) is 5.36. The largest absolute Gasteiger partial charge is 0.342 e. The lowest BCUT2D eigenvalue weighted by atomic mass is 9.96. The molecule has 1 saturated heterocycles. The number of benzene rings is 2. The van der Waals surface area contributed by atoms with Gasteiger partial charge in [0.15, 0.2) is 0 Å². The van der Waals surface area contributed by atoms with Gasteiger partial charge >= 0.3 is 0 Å². The SMILES string of the molecule is Cc1cc2nc(C3CCN(CC(=O)Nc4ccccc4Cl)CC3)[nH]c2cc1C. The second-order valence-electron chi connectivity index (χ2n) is 7.65. The number of hydrogen-bond donors (Lipinski definition) is 2. The molecule has 0 atom stereocenters. The van der Waals surface area contributed by atoms with E-state index in [1.54, 1.807) is 6.07 Å². The molecule has 2 aromatic carbocycles. The fourth-order valence-electron chi connectivity index (χ4n) is 3.80. The standard InChI is InChI=1S/C22H25ClN4O/c1-14-11-19-20(12-15(14)2)26-22(25-19)16-7-9-27(10-8-16)13-21(28)24-18-6-4-3-5-17(18)23/h3-6,11-12,16H,7-10,13H2,1-2H3,(H,24,28)(H,25,26). The van der Waals surface area contributed by atoms with Crippen LogP contribution in [-0.2, 0) is 4.79 Å². The zero-order chi connectivity index (χ0) is 19.7. The van der Waals surface area contributed by atoms with Crippen LogP contribution in [0, 0.1) is 13.8 Å². The van der Waals surface area contributed by atoms with Crippen LogP contribution in [0.4, 0.5) is 5.69 Å². The van der Waals surface area contributed by atoms with Crippen molar-refractivity contribution in [1.29, 1.82) is 0 Å². The molecule has 4 rings (SSSR count). The van der Waals surface area contributed by atoms with Crippen LogP contribution >= 0.6 is 11.6 Å². The fourth-order valence-corrected chi connectivity index (χ4v) is 3.99. The number of H-pyrrole nitrogens is 1. The average Bonchev–Trinajstić information content (AvgIpc) is 3.07. The third-order valence-electron chi connectivity index (χ3n) is 5.61. The number of nitrogens with zero attached hydrogens (tertiary/aromatic N) is 2. The van der Waals surface area contributed by atoms with E-state index in [9.17, 15) is 4.79 Å². The summed E-state index contributed by atoms with van der Waals surface area (Å²) in [6.07, 6.45) is 1.99. The van der Waals surface area contributed by atoms with Crippen molar-refractivity contribution in [3.8, 4) is 0 Å². The Morgan fingerprint density at radius 1 is 1.21 bits per heavy atom. The maximum Gasteiger partial charge on any atom is 0.238 e. The van der Waals surface area contributed by atoms with E-state index in [2.05, 4.69) is 41.2 Å². The number of imidazole rings is 1. The molecule has 28 heavy (non-hydrogen) atoms. The van der Waals surface area contributed by atoms with E-state index in [0.717, 1.165) is 42.8 Å². The van der Waals surface area contributed by atoms with E-state index in [-0.39, 0.29) is 5.91 Å². The van der Waals surface area contributed by atoms with Gasteiger partial charge in [-0.25, -0.2) is 4.98 Å². The Balaban J connectivity index is 1.34. The first-order valence-corrected chi connectivity index (χ1v) is 10.1. The number of amides is 1. The number of aryl methyl sites for hydroxylation is 2. The van der Waals surface area contributed by atoms with E-state index < -0.39 is 0 Å². The molecule has 0 radical (unpaired) electrons. The van der Waals surface area contributed by atoms with Crippen molar-refractivity contribution < 1.29 is 4.79 Å². The number of fused-ring (bicyclic) bond motifs is 1. The van der Waals surface area contributed by atoms with Gasteiger partial charge in [0.25, 0.3) is 0 Å². The number of hydrogen-bond acceptors (Lipinski definition) is 3. The second-order valence-corrected chi connectivity index (χ2v) is 8.06. The lowest BCUT2D eigenvalue weighted by molar-refractivity contribution is -0.117. The van der Waals surface area contributed by atoms with Crippen molar-refractivity contribution in [1.82, 2.24) is 14.9 Å². The highest BCUT2D eigenvalue weighted by atomic mass is 35.5. The summed E-state index contributed by atoms with van der Waals surface area (Å²) in [6, 6.07) is 11.6. The maximum absolute atomic E-state index is 12.3. The molecule has 2 heterocycles. The van der Waals surface area contributed by atoms with Crippen LogP contribution < -0.4 is 5.32 Å². The lowest BCUT2D eigenvalue weighted by Gasteiger charge is -2.30. The molecule has 1 aliphatic rings. The molecular formula is C22H25ClN4O. The van der Waals surface area contributed by atoms with E-state index >= 15 is 0 Å². The molecule has 1 amide bonds. The summed E-state index contributed by atoms with van der Waals surface area (Å²) in [6.45, 7) is 6.40. The highest BCUT2D eigenvalue weighted by Gasteiger charge is 2.24. The second kappa shape index (κ2) is 7.94. The van der Waals surface area contributed by atoms with Gasteiger partial charge in [0.1, 0.15) is 5.82 Å². The minimum Gasteiger partial charge on any atom is -0.342 e. The number of piperidine rings is 1. The van der Waals surface area contributed by atoms with Gasteiger partial charge < -0.3 is 10.3 Å². The first kappa shape index (κ1) is 19.0. The van der Waals surface area contributed by atoms with Crippen molar-refractivity contribution in [3.05, 3.63) is 58.4 Å². The molecule has 0 unspecified atom stereocenters. The number of halogens is 1. The lowest BCUT2D eigenvalue weighted by Crippen LogP contribution is -2.38. The number of anilines is 1. The number of rotatable bonds is 4. The first-order valence-electron chi connectivity index (χ1n) is 9.73. The van der Waals surface area contributed by atoms with Gasteiger partial charge in [-0.05, 0) is 75.2 Å². The van der Waals surface area contributed by atoms with Crippen molar-refractivity contribution in [2.75, 3.05) is 25.0 Å². The van der Waals surface area contributed by atoms with Crippen LogP contribution in [0.2, 0.25) is 5.02 Å². The van der Waals surface area contributed by atoms with Crippen molar-refractivity contribution in [2.24, 2.45) is 0 Å². The number of aromatic amines is 1. The third kappa shape index (κ3) is 4.05. The minimum atomic E-state index is -0.0266. The molecule has 6 heteroatoms. The minimum absolute atomic E-state index is 0.0266. The summed E-state index contributed by atoms with van der Waals surface area (Å²) >= 11 is 6.11. The molecule has 0 saturated carbocycles. The van der Waals surface area contributed by atoms with E-state index in [1.165, 1.54) is 11.1 Å². The molecule has 1 aliphatic heterocycles. The molecular weight excluding hydrogens is 372 g/mol. The molecule has 0 bridgehead atoms. The third-order valence-corrected chi connectivity index (χ3v) is 5.93. The monoisotopic (exact) mass is 396 g/mol. The van der Waals surface area contributed by atoms with Crippen LogP contribution in [0.25, 0.3) is 11.0 Å². The van der Waals surface area contributed by atoms with Gasteiger partial charge in [-0.3, -0.25) is 9.69 Å². The smallest absolute Gasteiger partial charge is 0.238 e. The van der Waals surface area contributed by atoms with Crippen molar-refractivity contribution >= 4 is 34.2 Å². The van der Waals surface area contributed by atoms with Crippen molar-refractivity contribution in [3.63, 3.8) is 0 Å². The highest BCUT2D eigenvalue weighted by molar-refractivity contribution is 6.33. The predicted octanol–water partition coefficient (Wildman–Crippen LogP) is 4.65. The van der Waals surface area contributed by atoms with E-state index in [4.69, 9.17) is 16.6 Å². The molecule has 146 valence electrons. The molecule has 1 fully saturated rings. The van der Waals surface area contributed by atoms with Crippen LogP contribution in [0.15, 0.2) is 36.4 Å². The topological polar surface area (TPSA) is 61.0 Å². The molecule has 0 spiro atoms.